The zero-order valence-electron chi connectivity index (χ0n) is 15.4. The predicted molar refractivity (Wildman–Crippen MR) is 98.1 cm³/mol. The minimum Gasteiger partial charge on any atom is -0.419 e. The number of piperidine rings is 1. The van der Waals surface area contributed by atoms with Gasteiger partial charge in [0.2, 0.25) is 5.89 Å². The summed E-state index contributed by atoms with van der Waals surface area (Å²) in [5, 5.41) is 15.4. The lowest BCUT2D eigenvalue weighted by Crippen LogP contribution is -2.38. The van der Waals surface area contributed by atoms with E-state index in [4.69, 9.17) is 4.42 Å². The molecule has 0 radical (unpaired) electrons. The van der Waals surface area contributed by atoms with Crippen LogP contribution in [-0.2, 0) is 0 Å². The highest BCUT2D eigenvalue weighted by Gasteiger charge is 2.29. The number of likely N-dealkylation sites (tertiary alicyclic amines) is 1. The van der Waals surface area contributed by atoms with Gasteiger partial charge in [-0.15, -0.1) is 10.2 Å². The number of hydrogen-bond donors (Lipinski definition) is 1. The summed E-state index contributed by atoms with van der Waals surface area (Å²) >= 11 is 0. The van der Waals surface area contributed by atoms with E-state index in [-0.39, 0.29) is 11.8 Å². The Kier molecular flexibility index (Phi) is 4.70. The van der Waals surface area contributed by atoms with Crippen LogP contribution in [0.3, 0.4) is 0 Å². The van der Waals surface area contributed by atoms with Gasteiger partial charge >= 0.3 is 0 Å². The van der Waals surface area contributed by atoms with Crippen LogP contribution < -0.4 is 0 Å². The minimum atomic E-state index is -0.0312. The molecular weight excluding hydrogens is 344 g/mol. The number of pyridine rings is 1. The van der Waals surface area contributed by atoms with Crippen LogP contribution in [0.25, 0.3) is 11.6 Å². The summed E-state index contributed by atoms with van der Waals surface area (Å²) in [6.45, 7) is 5.43. The van der Waals surface area contributed by atoms with Gasteiger partial charge in [0.1, 0.15) is 11.4 Å². The Morgan fingerprint density at radius 1 is 1.26 bits per heavy atom. The van der Waals surface area contributed by atoms with Gasteiger partial charge in [0, 0.05) is 30.9 Å². The maximum Gasteiger partial charge on any atom is 0.274 e. The van der Waals surface area contributed by atoms with Gasteiger partial charge in [0.05, 0.1) is 0 Å². The summed E-state index contributed by atoms with van der Waals surface area (Å²) in [4.78, 5) is 18.7. The van der Waals surface area contributed by atoms with Crippen molar-refractivity contribution in [2.45, 2.75) is 38.5 Å². The number of nitrogens with one attached hydrogen (secondary N) is 1. The number of hydrogen-bond acceptors (Lipinski definition) is 6. The van der Waals surface area contributed by atoms with Crippen LogP contribution in [-0.4, -0.2) is 49.3 Å². The van der Waals surface area contributed by atoms with Crippen LogP contribution >= 0.6 is 0 Å². The molecular formula is C19H22N6O2. The van der Waals surface area contributed by atoms with E-state index in [0.717, 1.165) is 18.5 Å². The van der Waals surface area contributed by atoms with Gasteiger partial charge in [-0.3, -0.25) is 14.9 Å². The molecule has 3 aromatic heterocycles. The second-order valence-electron chi connectivity index (χ2n) is 7.09. The number of rotatable bonds is 4. The Balaban J connectivity index is 1.39. The van der Waals surface area contributed by atoms with Crippen LogP contribution in [0.5, 0.6) is 0 Å². The van der Waals surface area contributed by atoms with Crippen molar-refractivity contribution in [3.63, 3.8) is 0 Å². The van der Waals surface area contributed by atoms with E-state index in [1.807, 2.05) is 29.2 Å². The standard InChI is InChI=1S/C19H22N6O2/c1-12(2)15-11-16(22-21-15)19(26)25-9-6-13(7-10-25)17-23-24-18(27-17)14-5-3-4-8-20-14/h3-5,8,11-13H,6-7,9-10H2,1-2H3,(H,21,22). The smallest absolute Gasteiger partial charge is 0.274 e. The molecule has 1 fully saturated rings. The Morgan fingerprint density at radius 2 is 2.07 bits per heavy atom. The lowest BCUT2D eigenvalue weighted by atomic mass is 9.96. The molecule has 8 heteroatoms. The lowest BCUT2D eigenvalue weighted by Gasteiger charge is -2.29. The number of aromatic amines is 1. The van der Waals surface area contributed by atoms with E-state index >= 15 is 0 Å². The van der Waals surface area contributed by atoms with Gasteiger partial charge in [0.15, 0.2) is 0 Å². The number of carbonyl (C=O) groups is 1. The van der Waals surface area contributed by atoms with E-state index in [1.165, 1.54) is 0 Å². The molecule has 4 rings (SSSR count). The van der Waals surface area contributed by atoms with Gasteiger partial charge in [0.25, 0.3) is 11.8 Å². The molecule has 0 spiro atoms. The SMILES string of the molecule is CC(C)c1cc(C(=O)N2CCC(c3nnc(-c4ccccn4)o3)CC2)n[nH]1. The summed E-state index contributed by atoms with van der Waals surface area (Å²) in [5.74, 6) is 1.49. The lowest BCUT2D eigenvalue weighted by molar-refractivity contribution is 0.0700. The van der Waals surface area contributed by atoms with Crippen molar-refractivity contribution in [2.24, 2.45) is 0 Å². The highest BCUT2D eigenvalue weighted by atomic mass is 16.4. The van der Waals surface area contributed by atoms with Crippen molar-refractivity contribution in [3.8, 4) is 11.6 Å². The van der Waals surface area contributed by atoms with Gasteiger partial charge in [-0.2, -0.15) is 5.10 Å². The van der Waals surface area contributed by atoms with E-state index in [0.29, 0.717) is 42.2 Å². The molecule has 1 aliphatic heterocycles. The predicted octanol–water partition coefficient (Wildman–Crippen LogP) is 3.00. The van der Waals surface area contributed by atoms with Crippen molar-refractivity contribution in [1.82, 2.24) is 30.3 Å². The van der Waals surface area contributed by atoms with Crippen molar-refractivity contribution < 1.29 is 9.21 Å². The van der Waals surface area contributed by atoms with E-state index in [1.54, 1.807) is 6.20 Å². The Bertz CT molecular complexity index is 909. The summed E-state index contributed by atoms with van der Waals surface area (Å²) < 4.78 is 5.81. The average Bonchev–Trinajstić information content (AvgIpc) is 3.38. The number of amides is 1. The first kappa shape index (κ1) is 17.4. The number of nitrogens with zero attached hydrogens (tertiary/aromatic N) is 5. The molecule has 1 N–H and O–H groups in total. The zero-order valence-corrected chi connectivity index (χ0v) is 15.4. The van der Waals surface area contributed by atoms with Crippen molar-refractivity contribution in [1.29, 1.82) is 0 Å². The summed E-state index contributed by atoms with van der Waals surface area (Å²) in [6.07, 6.45) is 3.27. The molecule has 4 heterocycles. The van der Waals surface area contributed by atoms with Crippen LogP contribution in [0.1, 0.15) is 60.6 Å². The third-order valence-electron chi connectivity index (χ3n) is 4.89. The second-order valence-corrected chi connectivity index (χ2v) is 7.09. The van der Waals surface area contributed by atoms with Crippen molar-refractivity contribution in [3.05, 3.63) is 47.7 Å². The van der Waals surface area contributed by atoms with Gasteiger partial charge in [-0.05, 0) is 37.0 Å². The van der Waals surface area contributed by atoms with Gasteiger partial charge < -0.3 is 9.32 Å². The van der Waals surface area contributed by atoms with Crippen LogP contribution in [0, 0.1) is 0 Å². The zero-order chi connectivity index (χ0) is 18.8. The normalized spacial score (nSPS) is 15.4. The third kappa shape index (κ3) is 3.60. The molecule has 1 saturated heterocycles. The Labute approximate surface area is 157 Å². The van der Waals surface area contributed by atoms with Crippen molar-refractivity contribution in [2.75, 3.05) is 13.1 Å². The second kappa shape index (κ2) is 7.30. The molecule has 0 unspecified atom stereocenters. The summed E-state index contributed by atoms with van der Waals surface area (Å²) in [6, 6.07) is 7.41. The molecule has 1 amide bonds. The fourth-order valence-electron chi connectivity index (χ4n) is 3.23. The van der Waals surface area contributed by atoms with Crippen LogP contribution in [0.4, 0.5) is 0 Å². The fraction of sp³-hybridized carbons (Fsp3) is 0.421. The average molecular weight is 366 g/mol. The fourth-order valence-corrected chi connectivity index (χ4v) is 3.23. The molecule has 0 saturated carbocycles. The topological polar surface area (TPSA) is 101 Å². The van der Waals surface area contributed by atoms with E-state index < -0.39 is 0 Å². The molecule has 0 aliphatic carbocycles. The molecule has 0 atom stereocenters. The third-order valence-corrected chi connectivity index (χ3v) is 4.89. The first-order chi connectivity index (χ1) is 13.1. The molecule has 0 bridgehead atoms. The Hall–Kier alpha value is -3.03. The minimum absolute atomic E-state index is 0.0312. The maximum atomic E-state index is 12.7. The molecule has 3 aromatic rings. The maximum absolute atomic E-state index is 12.7. The molecule has 0 aromatic carbocycles. The van der Waals surface area contributed by atoms with E-state index in [2.05, 4.69) is 39.2 Å². The highest BCUT2D eigenvalue weighted by Crippen LogP contribution is 2.29. The van der Waals surface area contributed by atoms with Crippen LogP contribution in [0.2, 0.25) is 0 Å². The summed E-state index contributed by atoms with van der Waals surface area (Å²) in [5.41, 5.74) is 2.12. The quantitative estimate of drug-likeness (QED) is 0.762. The largest absolute Gasteiger partial charge is 0.419 e. The first-order valence-corrected chi connectivity index (χ1v) is 9.21. The highest BCUT2D eigenvalue weighted by molar-refractivity contribution is 5.92. The molecule has 8 nitrogen and oxygen atoms in total. The number of H-pyrrole nitrogens is 1. The van der Waals surface area contributed by atoms with Gasteiger partial charge in [-0.1, -0.05) is 19.9 Å². The number of carbonyl (C=O) groups excluding carboxylic acids is 1. The van der Waals surface area contributed by atoms with Gasteiger partial charge in [-0.25, -0.2) is 0 Å². The molecule has 27 heavy (non-hydrogen) atoms. The monoisotopic (exact) mass is 366 g/mol. The first-order valence-electron chi connectivity index (χ1n) is 9.21. The van der Waals surface area contributed by atoms with Crippen LogP contribution in [0.15, 0.2) is 34.9 Å². The summed E-state index contributed by atoms with van der Waals surface area (Å²) in [7, 11) is 0. The molecule has 1 aliphatic rings. The Morgan fingerprint density at radius 3 is 2.74 bits per heavy atom. The van der Waals surface area contributed by atoms with E-state index in [9.17, 15) is 4.79 Å². The molecule has 140 valence electrons. The van der Waals surface area contributed by atoms with Crippen molar-refractivity contribution >= 4 is 5.91 Å². The number of aromatic nitrogens is 5.